The summed E-state index contributed by atoms with van der Waals surface area (Å²) < 4.78 is 16.4. The molecule has 7 heteroatoms. The lowest BCUT2D eigenvalue weighted by molar-refractivity contribution is -0.145. The molecule has 0 aliphatic carbocycles. The molecule has 27 heavy (non-hydrogen) atoms. The first-order chi connectivity index (χ1) is 12.9. The van der Waals surface area contributed by atoms with Crippen molar-refractivity contribution in [2.24, 2.45) is 0 Å². The third-order valence-corrected chi connectivity index (χ3v) is 5.33. The van der Waals surface area contributed by atoms with Gasteiger partial charge in [0.1, 0.15) is 10.2 Å². The molecule has 0 bridgehead atoms. The van der Waals surface area contributed by atoms with Crippen LogP contribution in [0.5, 0.6) is 5.75 Å². The minimum absolute atomic E-state index is 0.205. The van der Waals surface area contributed by atoms with Gasteiger partial charge in [0.25, 0.3) is 0 Å². The minimum Gasteiger partial charge on any atom is -0.481 e. The first kappa shape index (κ1) is 21.4. The molecule has 1 aromatic heterocycles. The second-order valence-electron chi connectivity index (χ2n) is 6.12. The number of benzene rings is 1. The smallest absolute Gasteiger partial charge is 0.344 e. The van der Waals surface area contributed by atoms with E-state index in [9.17, 15) is 9.59 Å². The van der Waals surface area contributed by atoms with Crippen LogP contribution in [0.15, 0.2) is 25.8 Å². The van der Waals surface area contributed by atoms with Gasteiger partial charge >= 0.3 is 11.6 Å². The molecule has 2 rings (SSSR count). The van der Waals surface area contributed by atoms with Crippen molar-refractivity contribution in [1.29, 1.82) is 0 Å². The lowest BCUT2D eigenvalue weighted by atomic mass is 10.0. The maximum atomic E-state index is 12.5. The molecular formula is C20H26BrNO5. The fourth-order valence-corrected chi connectivity index (χ4v) is 3.49. The number of carbonyl (C=O) groups excluding carboxylic acids is 1. The lowest BCUT2D eigenvalue weighted by Gasteiger charge is -2.18. The fourth-order valence-electron chi connectivity index (χ4n) is 2.95. The van der Waals surface area contributed by atoms with Crippen LogP contribution in [0.1, 0.15) is 31.9 Å². The highest BCUT2D eigenvalue weighted by atomic mass is 79.9. The van der Waals surface area contributed by atoms with E-state index in [0.29, 0.717) is 34.4 Å². The Bertz CT molecular complexity index is 858. The van der Waals surface area contributed by atoms with Crippen LogP contribution in [0.4, 0.5) is 0 Å². The fraction of sp³-hybridized carbons (Fsp3) is 0.500. The third-order valence-electron chi connectivity index (χ3n) is 4.58. The summed E-state index contributed by atoms with van der Waals surface area (Å²) in [5, 5.41) is 0.847. The van der Waals surface area contributed by atoms with E-state index in [4.69, 9.17) is 13.9 Å². The zero-order chi connectivity index (χ0) is 20.0. The summed E-state index contributed by atoms with van der Waals surface area (Å²) in [5.41, 5.74) is 1.69. The van der Waals surface area contributed by atoms with Crippen molar-refractivity contribution in [3.63, 3.8) is 0 Å². The van der Waals surface area contributed by atoms with Gasteiger partial charge in [-0.3, -0.25) is 0 Å². The number of hydrogen-bond acceptors (Lipinski definition) is 6. The van der Waals surface area contributed by atoms with E-state index in [-0.39, 0.29) is 12.2 Å². The Hall–Kier alpha value is -1.86. The van der Waals surface area contributed by atoms with Crippen molar-refractivity contribution in [2.75, 3.05) is 32.8 Å². The minimum atomic E-state index is -0.450. The van der Waals surface area contributed by atoms with Gasteiger partial charge in [-0.2, -0.15) is 0 Å². The van der Waals surface area contributed by atoms with Gasteiger partial charge < -0.3 is 18.8 Å². The third kappa shape index (κ3) is 5.11. The molecule has 0 aliphatic rings. The zero-order valence-corrected chi connectivity index (χ0v) is 17.8. The number of rotatable bonds is 9. The summed E-state index contributed by atoms with van der Waals surface area (Å²) in [7, 11) is 0. The average Bonchev–Trinajstić information content (AvgIpc) is 2.65. The number of fused-ring (bicyclic) bond motifs is 1. The Kier molecular flexibility index (Phi) is 7.86. The van der Waals surface area contributed by atoms with Crippen LogP contribution in [0.25, 0.3) is 11.0 Å². The largest absolute Gasteiger partial charge is 0.481 e. The van der Waals surface area contributed by atoms with Gasteiger partial charge in [-0.05, 0) is 67.0 Å². The van der Waals surface area contributed by atoms with E-state index in [1.165, 1.54) is 0 Å². The molecule has 0 atom stereocenters. The second kappa shape index (κ2) is 9.90. The van der Waals surface area contributed by atoms with Crippen molar-refractivity contribution in [3.05, 3.63) is 38.2 Å². The van der Waals surface area contributed by atoms with E-state index in [2.05, 4.69) is 34.7 Å². The monoisotopic (exact) mass is 439 g/mol. The van der Waals surface area contributed by atoms with E-state index in [1.54, 1.807) is 13.0 Å². The highest BCUT2D eigenvalue weighted by Crippen LogP contribution is 2.34. The Morgan fingerprint density at radius 2 is 1.93 bits per heavy atom. The highest BCUT2D eigenvalue weighted by molar-refractivity contribution is 9.10. The quantitative estimate of drug-likeness (QED) is 0.438. The van der Waals surface area contributed by atoms with Crippen LogP contribution in [0.2, 0.25) is 0 Å². The van der Waals surface area contributed by atoms with Gasteiger partial charge in [-0.25, -0.2) is 9.59 Å². The van der Waals surface area contributed by atoms with Crippen LogP contribution in [-0.4, -0.2) is 43.7 Å². The van der Waals surface area contributed by atoms with E-state index in [0.717, 1.165) is 30.6 Å². The molecule has 0 amide bonds. The number of hydrogen-bond donors (Lipinski definition) is 0. The number of esters is 1. The number of likely N-dealkylation sites (N-methyl/N-ethyl adjacent to an activating group) is 1. The predicted octanol–water partition coefficient (Wildman–Crippen LogP) is 3.69. The van der Waals surface area contributed by atoms with E-state index in [1.807, 2.05) is 13.0 Å². The average molecular weight is 440 g/mol. The van der Waals surface area contributed by atoms with Gasteiger partial charge in [0, 0.05) is 17.5 Å². The Morgan fingerprint density at radius 3 is 2.56 bits per heavy atom. The molecule has 0 radical (unpaired) electrons. The Labute approximate surface area is 167 Å². The molecule has 1 heterocycles. The van der Waals surface area contributed by atoms with Crippen molar-refractivity contribution < 1.29 is 18.7 Å². The molecular weight excluding hydrogens is 414 g/mol. The van der Waals surface area contributed by atoms with Crippen LogP contribution in [-0.2, 0) is 16.0 Å². The van der Waals surface area contributed by atoms with Gasteiger partial charge in [-0.15, -0.1) is 0 Å². The number of nitrogens with zero attached hydrogens (tertiary/aromatic N) is 1. The van der Waals surface area contributed by atoms with Crippen LogP contribution >= 0.6 is 15.9 Å². The van der Waals surface area contributed by atoms with Crippen LogP contribution in [0.3, 0.4) is 0 Å². The van der Waals surface area contributed by atoms with Crippen molar-refractivity contribution in [3.8, 4) is 5.75 Å². The van der Waals surface area contributed by atoms with Gasteiger partial charge in [0.2, 0.25) is 0 Å². The summed E-state index contributed by atoms with van der Waals surface area (Å²) in [6.07, 6.45) is 0.643. The molecule has 0 N–H and O–H groups in total. The predicted molar refractivity (Wildman–Crippen MR) is 109 cm³/mol. The molecule has 0 spiro atoms. The molecule has 148 valence electrons. The lowest BCUT2D eigenvalue weighted by Crippen LogP contribution is -2.27. The van der Waals surface area contributed by atoms with Crippen molar-refractivity contribution >= 4 is 32.9 Å². The SMILES string of the molecule is CCOC(=O)COc1ccc2c(C)c(CCN(CC)CC)c(=O)oc2c1Br. The molecule has 0 saturated heterocycles. The maximum Gasteiger partial charge on any atom is 0.344 e. The number of carbonyl (C=O) groups is 1. The molecule has 0 aliphatic heterocycles. The summed E-state index contributed by atoms with van der Waals surface area (Å²) in [6, 6.07) is 3.60. The molecule has 0 saturated carbocycles. The normalized spacial score (nSPS) is 11.2. The molecule has 6 nitrogen and oxygen atoms in total. The van der Waals surface area contributed by atoms with E-state index < -0.39 is 5.97 Å². The van der Waals surface area contributed by atoms with Crippen LogP contribution in [0, 0.1) is 6.92 Å². The molecule has 1 aromatic carbocycles. The molecule has 0 unspecified atom stereocenters. The highest BCUT2D eigenvalue weighted by Gasteiger charge is 2.17. The van der Waals surface area contributed by atoms with Crippen molar-refractivity contribution in [2.45, 2.75) is 34.1 Å². The first-order valence-electron chi connectivity index (χ1n) is 9.18. The van der Waals surface area contributed by atoms with Gasteiger partial charge in [0.15, 0.2) is 12.2 Å². The molecule has 0 fully saturated rings. The standard InChI is InChI=1S/C20H26BrNO5/c1-5-22(6-2)11-10-15-13(4)14-8-9-16(26-12-17(23)25-7-3)18(21)19(14)27-20(15)24/h8-9H,5-7,10-12H2,1-4H3. The Balaban J connectivity index is 2.32. The summed E-state index contributed by atoms with van der Waals surface area (Å²) in [4.78, 5) is 26.3. The summed E-state index contributed by atoms with van der Waals surface area (Å²) >= 11 is 3.43. The number of halogens is 1. The topological polar surface area (TPSA) is 69.0 Å². The summed E-state index contributed by atoms with van der Waals surface area (Å²) in [5.74, 6) is -0.0251. The van der Waals surface area contributed by atoms with Gasteiger partial charge in [-0.1, -0.05) is 13.8 Å². The number of aryl methyl sites for hydroxylation is 1. The van der Waals surface area contributed by atoms with Gasteiger partial charge in [0.05, 0.1) is 6.61 Å². The Morgan fingerprint density at radius 1 is 1.22 bits per heavy atom. The first-order valence-corrected chi connectivity index (χ1v) is 9.97. The molecule has 2 aromatic rings. The zero-order valence-electron chi connectivity index (χ0n) is 16.3. The maximum absolute atomic E-state index is 12.5. The van der Waals surface area contributed by atoms with Crippen LogP contribution < -0.4 is 10.4 Å². The summed E-state index contributed by atoms with van der Waals surface area (Å²) in [6.45, 7) is 10.7. The van der Waals surface area contributed by atoms with Crippen molar-refractivity contribution in [1.82, 2.24) is 4.90 Å². The van der Waals surface area contributed by atoms with E-state index >= 15 is 0 Å². The number of ether oxygens (including phenoxy) is 2. The second-order valence-corrected chi connectivity index (χ2v) is 6.91.